The molecule has 0 spiro atoms. The van der Waals surface area contributed by atoms with Gasteiger partial charge in [-0.15, -0.1) is 11.3 Å². The van der Waals surface area contributed by atoms with Crippen LogP contribution in [0.4, 0.5) is 0 Å². The Bertz CT molecular complexity index is 584. The van der Waals surface area contributed by atoms with Crippen LogP contribution >= 0.6 is 11.3 Å². The van der Waals surface area contributed by atoms with Crippen LogP contribution in [0.5, 0.6) is 0 Å². The Kier molecular flexibility index (Phi) is 2.66. The summed E-state index contributed by atoms with van der Waals surface area (Å²) in [6.45, 7) is 0. The van der Waals surface area contributed by atoms with Gasteiger partial charge in [0.1, 0.15) is 16.6 Å². The third-order valence-electron chi connectivity index (χ3n) is 1.98. The minimum Gasteiger partial charge on any atom is -0.477 e. The number of carboxylic acid groups (broad SMARTS) is 1. The highest BCUT2D eigenvalue weighted by Gasteiger charge is 2.08. The molecule has 0 amide bonds. The Morgan fingerprint density at radius 3 is 2.88 bits per heavy atom. The predicted molar refractivity (Wildman–Crippen MR) is 59.2 cm³/mol. The van der Waals surface area contributed by atoms with Crippen LogP contribution in [-0.2, 0) is 0 Å². The minimum atomic E-state index is -0.939. The Morgan fingerprint density at radius 1 is 1.44 bits per heavy atom. The molecule has 0 aliphatic carbocycles. The number of nitriles is 1. The molecule has 0 aliphatic heterocycles. The molecule has 0 fully saturated rings. The van der Waals surface area contributed by atoms with Crippen molar-refractivity contribution in [3.63, 3.8) is 0 Å². The molecule has 16 heavy (non-hydrogen) atoms. The normalized spacial score (nSPS) is 9.69. The molecule has 0 atom stereocenters. The van der Waals surface area contributed by atoms with Crippen LogP contribution < -0.4 is 0 Å². The number of carboxylic acids is 1. The molecule has 2 heterocycles. The molecule has 5 heteroatoms. The number of aromatic nitrogens is 1. The number of carbonyl (C=O) groups is 1. The average molecular weight is 230 g/mol. The van der Waals surface area contributed by atoms with Crippen LogP contribution in [0.1, 0.15) is 15.4 Å². The lowest BCUT2D eigenvalue weighted by atomic mass is 10.2. The molecule has 0 unspecified atom stereocenters. The van der Waals surface area contributed by atoms with Gasteiger partial charge in [0, 0.05) is 11.1 Å². The molecule has 1 N–H and O–H groups in total. The maximum Gasteiger partial charge on any atom is 0.345 e. The van der Waals surface area contributed by atoms with Crippen molar-refractivity contribution < 1.29 is 9.90 Å². The topological polar surface area (TPSA) is 74.0 Å². The quantitative estimate of drug-likeness (QED) is 0.859. The molecule has 0 saturated carbocycles. The number of hydrogen-bond acceptors (Lipinski definition) is 4. The van der Waals surface area contributed by atoms with E-state index in [0.717, 1.165) is 10.4 Å². The van der Waals surface area contributed by atoms with Crippen LogP contribution in [-0.4, -0.2) is 16.1 Å². The molecule has 2 aromatic heterocycles. The molecule has 78 valence electrons. The van der Waals surface area contributed by atoms with Gasteiger partial charge in [-0.2, -0.15) is 5.26 Å². The molecule has 0 saturated heterocycles. The summed E-state index contributed by atoms with van der Waals surface area (Å²) in [6.07, 6.45) is 1.54. The molecule has 4 nitrogen and oxygen atoms in total. The highest BCUT2D eigenvalue weighted by Crippen LogP contribution is 2.27. The summed E-state index contributed by atoms with van der Waals surface area (Å²) in [4.78, 5) is 15.7. The van der Waals surface area contributed by atoms with Crippen molar-refractivity contribution in [2.75, 3.05) is 0 Å². The van der Waals surface area contributed by atoms with Crippen LogP contribution in [0.3, 0.4) is 0 Å². The minimum absolute atomic E-state index is 0.283. The number of thiophene rings is 1. The summed E-state index contributed by atoms with van der Waals surface area (Å²) in [5.74, 6) is -0.939. The van der Waals surface area contributed by atoms with Crippen molar-refractivity contribution in [3.8, 4) is 16.5 Å². The molecule has 2 rings (SSSR count). The summed E-state index contributed by atoms with van der Waals surface area (Å²) < 4.78 is 0. The number of aromatic carboxylic acids is 1. The average Bonchev–Trinajstić information content (AvgIpc) is 2.78. The maximum absolute atomic E-state index is 10.7. The van der Waals surface area contributed by atoms with E-state index < -0.39 is 5.97 Å². The van der Waals surface area contributed by atoms with Gasteiger partial charge < -0.3 is 5.11 Å². The van der Waals surface area contributed by atoms with Crippen LogP contribution in [0.2, 0.25) is 0 Å². The fourth-order valence-electron chi connectivity index (χ4n) is 1.25. The third kappa shape index (κ3) is 1.92. The number of rotatable bonds is 2. The van der Waals surface area contributed by atoms with E-state index in [1.54, 1.807) is 24.3 Å². The van der Waals surface area contributed by atoms with E-state index in [4.69, 9.17) is 10.4 Å². The first-order chi connectivity index (χ1) is 7.70. The second kappa shape index (κ2) is 4.13. The van der Waals surface area contributed by atoms with E-state index in [0.29, 0.717) is 5.69 Å². The SMILES string of the molecule is N#Cc1cc(-c2ccc(C(=O)O)s2)ccn1. The van der Waals surface area contributed by atoms with Gasteiger partial charge in [-0.05, 0) is 29.8 Å². The smallest absolute Gasteiger partial charge is 0.345 e. The van der Waals surface area contributed by atoms with Crippen molar-refractivity contribution in [2.45, 2.75) is 0 Å². The van der Waals surface area contributed by atoms with E-state index in [9.17, 15) is 4.79 Å². The maximum atomic E-state index is 10.7. The van der Waals surface area contributed by atoms with Crippen LogP contribution in [0, 0.1) is 11.3 Å². The molecule has 2 aromatic rings. The summed E-state index contributed by atoms with van der Waals surface area (Å²) in [6, 6.07) is 8.61. The third-order valence-corrected chi connectivity index (χ3v) is 3.10. The first-order valence-electron chi connectivity index (χ1n) is 4.40. The summed E-state index contributed by atoms with van der Waals surface area (Å²) in [7, 11) is 0. The standard InChI is InChI=1S/C11H6N2O2S/c12-6-8-5-7(3-4-13-8)9-1-2-10(16-9)11(14)15/h1-5H,(H,14,15). The highest BCUT2D eigenvalue weighted by molar-refractivity contribution is 7.17. The summed E-state index contributed by atoms with van der Waals surface area (Å²) in [5.41, 5.74) is 1.13. The fraction of sp³-hybridized carbons (Fsp3) is 0. The molecular weight excluding hydrogens is 224 g/mol. The second-order valence-corrected chi connectivity index (χ2v) is 4.09. The lowest BCUT2D eigenvalue weighted by molar-refractivity contribution is 0.0702. The van der Waals surface area contributed by atoms with Crippen molar-refractivity contribution in [1.29, 1.82) is 5.26 Å². The van der Waals surface area contributed by atoms with E-state index in [-0.39, 0.29) is 4.88 Å². The predicted octanol–water partition coefficient (Wildman–Crippen LogP) is 2.38. The first kappa shape index (κ1) is 10.3. The zero-order valence-electron chi connectivity index (χ0n) is 8.04. The summed E-state index contributed by atoms with van der Waals surface area (Å²) in [5, 5.41) is 17.5. The van der Waals surface area contributed by atoms with Crippen molar-refractivity contribution >= 4 is 17.3 Å². The lowest BCUT2D eigenvalue weighted by Crippen LogP contribution is -1.89. The Labute approximate surface area is 95.4 Å². The van der Waals surface area contributed by atoms with Gasteiger partial charge in [-0.25, -0.2) is 9.78 Å². The highest BCUT2D eigenvalue weighted by atomic mass is 32.1. The molecule has 0 bridgehead atoms. The second-order valence-electron chi connectivity index (χ2n) is 3.01. The van der Waals surface area contributed by atoms with Crippen molar-refractivity contribution in [3.05, 3.63) is 41.0 Å². The lowest BCUT2D eigenvalue weighted by Gasteiger charge is -1.96. The van der Waals surface area contributed by atoms with Crippen molar-refractivity contribution in [1.82, 2.24) is 4.98 Å². The first-order valence-corrected chi connectivity index (χ1v) is 5.22. The molecule has 0 aliphatic rings. The zero-order valence-corrected chi connectivity index (χ0v) is 8.86. The fourth-order valence-corrected chi connectivity index (χ4v) is 2.09. The number of pyridine rings is 1. The van der Waals surface area contributed by atoms with Gasteiger partial charge in [-0.1, -0.05) is 0 Å². The van der Waals surface area contributed by atoms with Gasteiger partial charge in [-0.3, -0.25) is 0 Å². The van der Waals surface area contributed by atoms with E-state index in [1.165, 1.54) is 17.5 Å². The molecule has 0 aromatic carbocycles. The zero-order chi connectivity index (χ0) is 11.5. The Hall–Kier alpha value is -2.19. The Morgan fingerprint density at radius 2 is 2.25 bits per heavy atom. The van der Waals surface area contributed by atoms with Crippen LogP contribution in [0.15, 0.2) is 30.5 Å². The van der Waals surface area contributed by atoms with Gasteiger partial charge in [0.05, 0.1) is 0 Å². The van der Waals surface area contributed by atoms with E-state index in [2.05, 4.69) is 4.98 Å². The van der Waals surface area contributed by atoms with Gasteiger partial charge in [0.25, 0.3) is 0 Å². The molecular formula is C11H6N2O2S. The van der Waals surface area contributed by atoms with E-state index in [1.807, 2.05) is 6.07 Å². The van der Waals surface area contributed by atoms with Crippen LogP contribution in [0.25, 0.3) is 10.4 Å². The Balaban J connectivity index is 2.43. The summed E-state index contributed by atoms with van der Waals surface area (Å²) >= 11 is 1.18. The molecule has 0 radical (unpaired) electrons. The number of nitrogens with zero attached hydrogens (tertiary/aromatic N) is 2. The van der Waals surface area contributed by atoms with Gasteiger partial charge >= 0.3 is 5.97 Å². The largest absolute Gasteiger partial charge is 0.477 e. The van der Waals surface area contributed by atoms with Gasteiger partial charge in [0.2, 0.25) is 0 Å². The van der Waals surface area contributed by atoms with Crippen molar-refractivity contribution in [2.24, 2.45) is 0 Å². The monoisotopic (exact) mass is 230 g/mol. The van der Waals surface area contributed by atoms with Gasteiger partial charge in [0.15, 0.2) is 0 Å². The number of hydrogen-bond donors (Lipinski definition) is 1. The van der Waals surface area contributed by atoms with E-state index >= 15 is 0 Å².